The van der Waals surface area contributed by atoms with E-state index >= 15 is 0 Å². The average molecular weight is 681 g/mol. The molecular formula is C33H43Cl2N3O8. The summed E-state index contributed by atoms with van der Waals surface area (Å²) in [5.41, 5.74) is 2.71. The molecule has 0 aromatic heterocycles. The third-order valence-corrected chi connectivity index (χ3v) is 9.73. The highest BCUT2D eigenvalue weighted by molar-refractivity contribution is 6.34. The van der Waals surface area contributed by atoms with Gasteiger partial charge >= 0.3 is 0 Å². The number of halogens is 2. The van der Waals surface area contributed by atoms with Crippen molar-refractivity contribution in [1.29, 1.82) is 0 Å². The first-order valence-corrected chi connectivity index (χ1v) is 16.7. The number of aryl methyl sites for hydroxylation is 1. The number of unbranched alkanes of at least 4 members (excludes halogenated alkanes) is 1. The Morgan fingerprint density at radius 1 is 0.935 bits per heavy atom. The third kappa shape index (κ3) is 8.14. The van der Waals surface area contributed by atoms with Gasteiger partial charge in [0.25, 0.3) is 5.91 Å². The Morgan fingerprint density at radius 3 is 2.26 bits per heavy atom. The van der Waals surface area contributed by atoms with Gasteiger partial charge in [0.2, 0.25) is 5.91 Å². The molecule has 11 nitrogen and oxygen atoms in total. The van der Waals surface area contributed by atoms with Crippen LogP contribution in [0.3, 0.4) is 0 Å². The van der Waals surface area contributed by atoms with Gasteiger partial charge in [-0.05, 0) is 80.3 Å². The van der Waals surface area contributed by atoms with Gasteiger partial charge in [0, 0.05) is 42.1 Å². The van der Waals surface area contributed by atoms with E-state index in [0.29, 0.717) is 60.3 Å². The standard InChI is InChI=1S/C33H43Cl2N3O8/c34-23-16-21(24(35)15-20(23)5-1-4-8-29(42)36-17-27(40)30(43)31(44)28(41)18-39)19-46-33(11-12-33)32(45)38-14-13-37(22-9-10-22)25-6-2-3-7-26(25)38/h2-3,6-7,15-16,22,27-28,30-31,39-41,43-44H,1,4-5,8-14,17-19H2,(H,36,42)/t27-,28+,30+,31+/m0/s1. The van der Waals surface area contributed by atoms with Crippen molar-refractivity contribution in [2.45, 2.75) is 94.0 Å². The highest BCUT2D eigenvalue weighted by atomic mass is 35.5. The molecule has 0 bridgehead atoms. The summed E-state index contributed by atoms with van der Waals surface area (Å²) in [7, 11) is 0. The fraction of sp³-hybridized carbons (Fsp3) is 0.576. The Balaban J connectivity index is 1.08. The first-order valence-electron chi connectivity index (χ1n) is 15.9. The number of hydrogen-bond donors (Lipinski definition) is 6. The van der Waals surface area contributed by atoms with Crippen LogP contribution in [-0.4, -0.2) is 99.6 Å². The van der Waals surface area contributed by atoms with Crippen molar-refractivity contribution >= 4 is 46.4 Å². The number of hydrogen-bond acceptors (Lipinski definition) is 9. The summed E-state index contributed by atoms with van der Waals surface area (Å²) < 4.78 is 6.27. The summed E-state index contributed by atoms with van der Waals surface area (Å²) in [5, 5.41) is 51.2. The number of nitrogens with one attached hydrogen (secondary N) is 1. The van der Waals surface area contributed by atoms with Crippen LogP contribution in [0.4, 0.5) is 11.4 Å². The molecule has 6 N–H and O–H groups in total. The lowest BCUT2D eigenvalue weighted by molar-refractivity contribution is -0.134. The summed E-state index contributed by atoms with van der Waals surface area (Å²) in [5.74, 6) is -0.362. The summed E-state index contributed by atoms with van der Waals surface area (Å²) in [6.07, 6.45) is -1.00. The zero-order valence-corrected chi connectivity index (χ0v) is 27.2. The van der Waals surface area contributed by atoms with Crippen LogP contribution in [0.5, 0.6) is 0 Å². The van der Waals surface area contributed by atoms with E-state index in [4.69, 9.17) is 33.0 Å². The molecule has 1 heterocycles. The molecular weight excluding hydrogens is 637 g/mol. The number of benzene rings is 2. The maximum Gasteiger partial charge on any atom is 0.259 e. The quantitative estimate of drug-likeness (QED) is 0.146. The molecule has 13 heteroatoms. The second kappa shape index (κ2) is 15.2. The number of amides is 2. The first kappa shape index (κ1) is 34.8. The van der Waals surface area contributed by atoms with E-state index in [1.807, 2.05) is 23.1 Å². The minimum atomic E-state index is -1.75. The number of fused-ring (bicyclic) bond motifs is 1. The maximum absolute atomic E-state index is 13.8. The molecule has 2 aromatic rings. The van der Waals surface area contributed by atoms with E-state index in [1.165, 1.54) is 12.8 Å². The summed E-state index contributed by atoms with van der Waals surface area (Å²) >= 11 is 13.2. The van der Waals surface area contributed by atoms with E-state index < -0.39 is 36.6 Å². The minimum Gasteiger partial charge on any atom is -0.394 e. The molecule has 3 aliphatic rings. The Kier molecular flexibility index (Phi) is 11.5. The molecule has 46 heavy (non-hydrogen) atoms. The van der Waals surface area contributed by atoms with E-state index in [2.05, 4.69) is 16.3 Å². The predicted molar refractivity (Wildman–Crippen MR) is 174 cm³/mol. The van der Waals surface area contributed by atoms with Crippen molar-refractivity contribution < 1.29 is 39.9 Å². The van der Waals surface area contributed by atoms with Crippen molar-refractivity contribution in [2.75, 3.05) is 36.0 Å². The zero-order chi connectivity index (χ0) is 33.0. The first-order chi connectivity index (χ1) is 22.0. The number of aliphatic hydroxyl groups excluding tert-OH is 5. The smallest absolute Gasteiger partial charge is 0.259 e. The van der Waals surface area contributed by atoms with Crippen molar-refractivity contribution in [3.8, 4) is 0 Å². The fourth-order valence-electron chi connectivity index (χ4n) is 5.88. The number of nitrogens with zero attached hydrogens (tertiary/aromatic N) is 2. The number of carbonyl (C=O) groups excluding carboxylic acids is 2. The summed E-state index contributed by atoms with van der Waals surface area (Å²) in [6, 6.07) is 12.2. The van der Waals surface area contributed by atoms with Crippen LogP contribution in [0.1, 0.15) is 56.1 Å². The molecule has 1 aliphatic heterocycles. The lowest BCUT2D eigenvalue weighted by Gasteiger charge is -2.39. The number of ether oxygens (including phenoxy) is 1. The van der Waals surface area contributed by atoms with Gasteiger partial charge in [0.1, 0.15) is 23.9 Å². The lowest BCUT2D eigenvalue weighted by atomic mass is 10.0. The molecule has 2 aromatic carbocycles. The van der Waals surface area contributed by atoms with Gasteiger partial charge in [-0.1, -0.05) is 35.3 Å². The normalized spacial score (nSPS) is 19.6. The van der Waals surface area contributed by atoms with Crippen LogP contribution in [0, 0.1) is 0 Å². The van der Waals surface area contributed by atoms with E-state index in [-0.39, 0.29) is 31.4 Å². The molecule has 0 spiro atoms. The highest BCUT2D eigenvalue weighted by Gasteiger charge is 2.54. The average Bonchev–Trinajstić information content (AvgIpc) is 4.00. The number of para-hydroxylation sites is 2. The van der Waals surface area contributed by atoms with E-state index in [9.17, 15) is 30.0 Å². The number of carbonyl (C=O) groups is 2. The van der Waals surface area contributed by atoms with Gasteiger partial charge < -0.3 is 45.4 Å². The van der Waals surface area contributed by atoms with Crippen molar-refractivity contribution in [1.82, 2.24) is 5.32 Å². The fourth-order valence-corrected chi connectivity index (χ4v) is 6.40. The minimum absolute atomic E-state index is 0.0120. The van der Waals surface area contributed by atoms with Gasteiger partial charge in [-0.15, -0.1) is 0 Å². The summed E-state index contributed by atoms with van der Waals surface area (Å²) in [4.78, 5) is 30.2. The van der Waals surface area contributed by atoms with E-state index in [0.717, 1.165) is 23.5 Å². The number of anilines is 2. The van der Waals surface area contributed by atoms with Gasteiger partial charge in [0.05, 0.1) is 30.7 Å². The molecule has 2 saturated carbocycles. The Labute approximate surface area is 278 Å². The molecule has 5 rings (SSSR count). The van der Waals surface area contributed by atoms with Crippen LogP contribution < -0.4 is 15.1 Å². The molecule has 0 saturated heterocycles. The Bertz CT molecular complexity index is 1390. The van der Waals surface area contributed by atoms with Crippen LogP contribution in [0.2, 0.25) is 10.0 Å². The van der Waals surface area contributed by atoms with Crippen molar-refractivity contribution in [3.05, 3.63) is 57.6 Å². The lowest BCUT2D eigenvalue weighted by Crippen LogP contribution is -2.49. The SMILES string of the molecule is O=C(CCCCc1cc(Cl)c(COC2(C(=O)N3CCN(C4CC4)c4ccccc43)CC2)cc1Cl)NC[C@H](O)[C@@H](O)[C@H](O)[C@H](O)CO. The van der Waals surface area contributed by atoms with Crippen LogP contribution in [-0.2, 0) is 27.4 Å². The molecule has 4 atom stereocenters. The van der Waals surface area contributed by atoms with Crippen molar-refractivity contribution in [2.24, 2.45) is 0 Å². The largest absolute Gasteiger partial charge is 0.394 e. The van der Waals surface area contributed by atoms with Gasteiger partial charge in [-0.3, -0.25) is 9.59 Å². The van der Waals surface area contributed by atoms with Gasteiger partial charge in [0.15, 0.2) is 0 Å². The monoisotopic (exact) mass is 679 g/mol. The molecule has 2 fully saturated rings. The third-order valence-electron chi connectivity index (χ3n) is 9.03. The highest BCUT2D eigenvalue weighted by Crippen LogP contribution is 2.46. The van der Waals surface area contributed by atoms with Crippen LogP contribution >= 0.6 is 23.2 Å². The zero-order valence-electron chi connectivity index (χ0n) is 25.7. The predicted octanol–water partition coefficient (Wildman–Crippen LogP) is 2.32. The molecule has 0 radical (unpaired) electrons. The molecule has 252 valence electrons. The molecule has 2 amide bonds. The van der Waals surface area contributed by atoms with E-state index in [1.54, 1.807) is 12.1 Å². The molecule has 0 unspecified atom stereocenters. The molecule has 2 aliphatic carbocycles. The Hall–Kier alpha value is -2.48. The second-order valence-corrected chi connectivity index (χ2v) is 13.3. The van der Waals surface area contributed by atoms with Crippen LogP contribution in [0.15, 0.2) is 36.4 Å². The topological polar surface area (TPSA) is 163 Å². The van der Waals surface area contributed by atoms with Crippen molar-refractivity contribution in [3.63, 3.8) is 0 Å². The van der Waals surface area contributed by atoms with Gasteiger partial charge in [-0.25, -0.2) is 0 Å². The number of rotatable bonds is 16. The number of aliphatic hydroxyl groups is 5. The second-order valence-electron chi connectivity index (χ2n) is 12.5. The van der Waals surface area contributed by atoms with Crippen LogP contribution in [0.25, 0.3) is 0 Å². The maximum atomic E-state index is 13.8. The Morgan fingerprint density at radius 2 is 1.59 bits per heavy atom. The van der Waals surface area contributed by atoms with Gasteiger partial charge in [-0.2, -0.15) is 0 Å². The summed E-state index contributed by atoms with van der Waals surface area (Å²) in [6.45, 7) is 0.500.